The predicted octanol–water partition coefficient (Wildman–Crippen LogP) is 4.07. The smallest absolute Gasteiger partial charge is 0.416 e. The van der Waals surface area contributed by atoms with E-state index in [9.17, 15) is 46.0 Å². The van der Waals surface area contributed by atoms with Gasteiger partial charge < -0.3 is 20.5 Å². The van der Waals surface area contributed by atoms with Crippen LogP contribution in [0.25, 0.3) is 0 Å². The number of carboxylic acids is 1. The number of amides is 1. The van der Waals surface area contributed by atoms with Gasteiger partial charge in [-0.3, -0.25) is 14.9 Å². The number of non-ortho nitro benzene ring substituents is 1. The number of hydrogen-bond donors (Lipinski definition) is 2. The van der Waals surface area contributed by atoms with Gasteiger partial charge in [0, 0.05) is 36.5 Å². The van der Waals surface area contributed by atoms with Gasteiger partial charge in [-0.1, -0.05) is 0 Å². The van der Waals surface area contributed by atoms with E-state index in [2.05, 4.69) is 0 Å². The van der Waals surface area contributed by atoms with Crippen LogP contribution in [0.3, 0.4) is 0 Å². The number of nitro benzene ring substituents is 1. The van der Waals surface area contributed by atoms with Crippen molar-refractivity contribution in [3.8, 4) is 0 Å². The molecule has 1 aliphatic rings. The highest BCUT2D eigenvalue weighted by molar-refractivity contribution is 5.95. The Hall–Kier alpha value is -3.88. The van der Waals surface area contributed by atoms with Gasteiger partial charge in [-0.25, -0.2) is 4.79 Å². The Labute approximate surface area is 192 Å². The zero-order chi connectivity index (χ0) is 26.6. The first-order valence-electron chi connectivity index (χ1n) is 9.54. The molecule has 9 nitrogen and oxygen atoms in total. The quantitative estimate of drug-likeness (QED) is 0.276. The molecule has 0 saturated carbocycles. The average Bonchev–Trinajstić information content (AvgIpc) is 2.77. The van der Waals surface area contributed by atoms with E-state index in [-0.39, 0.29) is 17.3 Å². The summed E-state index contributed by atoms with van der Waals surface area (Å²) in [6, 6.07) is 4.09. The molecule has 0 unspecified atom stereocenters. The number of carboxylic acid groups (broad SMARTS) is 1. The zero-order valence-electron chi connectivity index (χ0n) is 17.5. The van der Waals surface area contributed by atoms with Crippen molar-refractivity contribution in [2.45, 2.75) is 12.4 Å². The van der Waals surface area contributed by atoms with E-state index in [1.54, 1.807) is 0 Å². The van der Waals surface area contributed by atoms with Crippen molar-refractivity contribution in [1.29, 1.82) is 0 Å². The molecule has 2 aromatic carbocycles. The van der Waals surface area contributed by atoms with Crippen molar-refractivity contribution >= 4 is 23.3 Å². The van der Waals surface area contributed by atoms with Gasteiger partial charge in [0.2, 0.25) is 0 Å². The third-order valence-electron chi connectivity index (χ3n) is 4.53. The van der Waals surface area contributed by atoms with Gasteiger partial charge in [0.15, 0.2) is 0 Å². The number of halogens is 6. The van der Waals surface area contributed by atoms with Gasteiger partial charge in [0.1, 0.15) is 0 Å². The number of alkyl halides is 6. The van der Waals surface area contributed by atoms with Crippen LogP contribution in [0.1, 0.15) is 31.8 Å². The SMILES string of the molecule is Nc1cc(C(=O)N2CCOCC2)cc(C(F)(F)F)c1.O=C(O)c1cc([N+](=O)[O-])cc(C(F)(F)F)c1. The van der Waals surface area contributed by atoms with Crippen LogP contribution < -0.4 is 5.73 Å². The number of carbonyl (C=O) groups excluding carboxylic acids is 1. The second-order valence-electron chi connectivity index (χ2n) is 7.07. The average molecular weight is 509 g/mol. The minimum atomic E-state index is -4.82. The second kappa shape index (κ2) is 10.6. The minimum absolute atomic E-state index is 0.0470. The second-order valence-corrected chi connectivity index (χ2v) is 7.07. The Morgan fingerprint density at radius 1 is 0.914 bits per heavy atom. The van der Waals surface area contributed by atoms with E-state index < -0.39 is 51.5 Å². The third-order valence-corrected chi connectivity index (χ3v) is 4.53. The van der Waals surface area contributed by atoms with E-state index in [4.69, 9.17) is 15.6 Å². The van der Waals surface area contributed by atoms with Gasteiger partial charge >= 0.3 is 18.3 Å². The number of aromatic carboxylic acids is 1. The fourth-order valence-corrected chi connectivity index (χ4v) is 2.89. The molecule has 1 fully saturated rings. The first-order chi connectivity index (χ1) is 16.1. The molecule has 3 N–H and O–H groups in total. The monoisotopic (exact) mass is 509 g/mol. The maximum atomic E-state index is 12.7. The fraction of sp³-hybridized carbons (Fsp3) is 0.300. The number of nitrogens with zero attached hydrogens (tertiary/aromatic N) is 2. The number of benzene rings is 2. The summed E-state index contributed by atoms with van der Waals surface area (Å²) in [7, 11) is 0. The molecule has 15 heteroatoms. The van der Waals surface area contributed by atoms with Crippen LogP contribution in [-0.4, -0.2) is 53.1 Å². The van der Waals surface area contributed by atoms with Crippen molar-refractivity contribution in [3.05, 3.63) is 68.8 Å². The van der Waals surface area contributed by atoms with Gasteiger partial charge in [-0.15, -0.1) is 0 Å². The first-order valence-corrected chi connectivity index (χ1v) is 9.54. The molecule has 1 saturated heterocycles. The molecule has 190 valence electrons. The summed E-state index contributed by atoms with van der Waals surface area (Å²) in [6.45, 7) is 1.52. The molecule has 1 amide bonds. The van der Waals surface area contributed by atoms with Crippen molar-refractivity contribution in [2.24, 2.45) is 0 Å². The maximum absolute atomic E-state index is 12.7. The number of hydrogen-bond acceptors (Lipinski definition) is 6. The Bertz CT molecular complexity index is 1080. The Morgan fingerprint density at radius 3 is 1.91 bits per heavy atom. The molecule has 2 aromatic rings. The lowest BCUT2D eigenvalue weighted by Gasteiger charge is -2.27. The molecular weight excluding hydrogens is 492 g/mol. The molecular formula is C20H17F6N3O6. The molecule has 0 spiro atoms. The highest BCUT2D eigenvalue weighted by Gasteiger charge is 2.34. The molecule has 0 radical (unpaired) electrons. The molecule has 1 heterocycles. The Kier molecular flexibility index (Phi) is 8.28. The summed E-state index contributed by atoms with van der Waals surface area (Å²) >= 11 is 0. The number of carbonyl (C=O) groups is 2. The lowest BCUT2D eigenvalue weighted by Crippen LogP contribution is -2.40. The number of anilines is 1. The van der Waals surface area contributed by atoms with Gasteiger partial charge in [-0.2, -0.15) is 26.3 Å². The molecule has 0 aromatic heterocycles. The number of morpholine rings is 1. The summed E-state index contributed by atoms with van der Waals surface area (Å²) in [5.74, 6) is -2.12. The third kappa shape index (κ3) is 7.56. The minimum Gasteiger partial charge on any atom is -0.478 e. The summed E-state index contributed by atoms with van der Waals surface area (Å²) in [6.07, 6.45) is -9.34. The lowest BCUT2D eigenvalue weighted by atomic mass is 10.1. The molecule has 0 bridgehead atoms. The van der Waals surface area contributed by atoms with E-state index in [1.165, 1.54) is 11.0 Å². The van der Waals surface area contributed by atoms with Crippen molar-refractivity contribution in [2.75, 3.05) is 32.0 Å². The molecule has 35 heavy (non-hydrogen) atoms. The topological polar surface area (TPSA) is 136 Å². The van der Waals surface area contributed by atoms with Crippen LogP contribution in [-0.2, 0) is 17.1 Å². The van der Waals surface area contributed by atoms with Crippen LogP contribution in [0.2, 0.25) is 0 Å². The Morgan fingerprint density at radius 2 is 1.43 bits per heavy atom. The molecule has 0 atom stereocenters. The number of nitrogens with two attached hydrogens (primary N) is 1. The number of nitro groups is 1. The van der Waals surface area contributed by atoms with E-state index >= 15 is 0 Å². The Balaban J connectivity index is 0.000000251. The molecule has 0 aliphatic carbocycles. The predicted molar refractivity (Wildman–Crippen MR) is 108 cm³/mol. The number of ether oxygens (including phenoxy) is 1. The lowest BCUT2D eigenvalue weighted by molar-refractivity contribution is -0.385. The normalized spacial score (nSPS) is 14.1. The number of nitrogen functional groups attached to an aromatic ring is 1. The fourth-order valence-electron chi connectivity index (χ4n) is 2.89. The molecule has 3 rings (SSSR count). The first kappa shape index (κ1) is 27.4. The highest BCUT2D eigenvalue weighted by Crippen LogP contribution is 2.33. The van der Waals surface area contributed by atoms with Crippen LogP contribution >= 0.6 is 0 Å². The summed E-state index contributed by atoms with van der Waals surface area (Å²) in [5, 5.41) is 18.8. The zero-order valence-corrected chi connectivity index (χ0v) is 17.5. The summed E-state index contributed by atoms with van der Waals surface area (Å²) in [4.78, 5) is 33.2. The van der Waals surface area contributed by atoms with Crippen LogP contribution in [0.5, 0.6) is 0 Å². The van der Waals surface area contributed by atoms with Crippen LogP contribution in [0, 0.1) is 10.1 Å². The highest BCUT2D eigenvalue weighted by atomic mass is 19.4. The van der Waals surface area contributed by atoms with Crippen molar-refractivity contribution < 1.29 is 50.7 Å². The molecule has 1 aliphatic heterocycles. The summed E-state index contributed by atoms with van der Waals surface area (Å²) in [5.41, 5.74) is 1.34. The van der Waals surface area contributed by atoms with Gasteiger partial charge in [0.05, 0.1) is 34.8 Å². The van der Waals surface area contributed by atoms with Crippen LogP contribution in [0.4, 0.5) is 37.7 Å². The summed E-state index contributed by atoms with van der Waals surface area (Å²) < 4.78 is 79.8. The van der Waals surface area contributed by atoms with E-state index in [0.717, 1.165) is 12.1 Å². The van der Waals surface area contributed by atoms with Gasteiger partial charge in [0.25, 0.3) is 11.6 Å². The van der Waals surface area contributed by atoms with E-state index in [0.29, 0.717) is 38.4 Å². The van der Waals surface area contributed by atoms with Crippen molar-refractivity contribution in [3.63, 3.8) is 0 Å². The van der Waals surface area contributed by atoms with Gasteiger partial charge in [-0.05, 0) is 24.3 Å². The van der Waals surface area contributed by atoms with E-state index in [1.807, 2.05) is 0 Å². The van der Waals surface area contributed by atoms with Crippen LogP contribution in [0.15, 0.2) is 36.4 Å². The standard InChI is InChI=1S/C12H13F3N2O2.C8H4F3NO4/c13-12(14,15)9-5-8(6-10(16)7-9)11(18)17-1-3-19-4-2-17;9-8(10,11)5-1-4(7(13)14)2-6(3-5)12(15)16/h5-7H,1-4,16H2;1-3H,(H,13,14). The number of rotatable bonds is 3. The largest absolute Gasteiger partial charge is 0.478 e. The van der Waals surface area contributed by atoms with Crippen molar-refractivity contribution in [1.82, 2.24) is 4.90 Å². The maximum Gasteiger partial charge on any atom is 0.416 e.